The van der Waals surface area contributed by atoms with Gasteiger partial charge < -0.3 is 78.3 Å². The van der Waals surface area contributed by atoms with Gasteiger partial charge in [0.1, 0.15) is 72.9 Å². The van der Waals surface area contributed by atoms with E-state index in [-0.39, 0.29) is 68.4 Å². The summed E-state index contributed by atoms with van der Waals surface area (Å²) in [5, 5.41) is 43.4. The first kappa shape index (κ1) is 72.4. The van der Waals surface area contributed by atoms with E-state index in [2.05, 4.69) is 42.4 Å². The van der Waals surface area contributed by atoms with Crippen LogP contribution in [0.3, 0.4) is 0 Å². The molecule has 4 heterocycles. The van der Waals surface area contributed by atoms with Gasteiger partial charge in [-0.15, -0.1) is 0 Å². The molecule has 1 aromatic rings. The molecule has 490 valence electrons. The number of rotatable bonds is 14. The van der Waals surface area contributed by atoms with Crippen molar-refractivity contribution < 1.29 is 72.5 Å². The number of aliphatic hydroxyl groups is 1. The molecule has 10 amide bonds. The van der Waals surface area contributed by atoms with Gasteiger partial charge in [-0.05, 0) is 138 Å². The van der Waals surface area contributed by atoms with Crippen molar-refractivity contribution in [2.45, 2.75) is 189 Å². The van der Waals surface area contributed by atoms with E-state index in [1.54, 1.807) is 13.2 Å². The largest absolute Gasteiger partial charge is 0.494 e. The lowest BCUT2D eigenvalue weighted by atomic mass is 9.94. The summed E-state index contributed by atoms with van der Waals surface area (Å²) in [6, 6.07) is -6.55. The molecule has 0 unspecified atom stereocenters. The summed E-state index contributed by atoms with van der Waals surface area (Å²) >= 11 is 3.90. The lowest BCUT2D eigenvalue weighted by Gasteiger charge is -2.33. The van der Waals surface area contributed by atoms with Crippen LogP contribution >= 0.6 is 35.3 Å². The topological polar surface area (TPSA) is 402 Å². The van der Waals surface area contributed by atoms with E-state index in [0.717, 1.165) is 30.2 Å². The second-order valence-corrected chi connectivity index (χ2v) is 25.6. The Morgan fingerprint density at radius 2 is 1.30 bits per heavy atom. The maximum atomic E-state index is 15.1. The molecule has 4 aliphatic heterocycles. The second kappa shape index (κ2) is 37.6. The third kappa shape index (κ3) is 22.9. The Morgan fingerprint density at radius 1 is 0.705 bits per heavy atom. The molecule has 30 heteroatoms. The number of hydrogen-bond acceptors (Lipinski definition) is 19. The average molecular weight is 1290 g/mol. The average Bonchev–Trinajstić information content (AvgIpc) is 3.39. The summed E-state index contributed by atoms with van der Waals surface area (Å²) in [5.74, 6) is -8.77. The Hall–Kier alpha value is -6.37. The lowest BCUT2D eigenvalue weighted by molar-refractivity contribution is -0.145. The number of carboxylic acid groups (broad SMARTS) is 1. The normalized spacial score (nSPS) is 27.2. The van der Waals surface area contributed by atoms with Gasteiger partial charge in [-0.2, -0.15) is 35.3 Å². The minimum Gasteiger partial charge on any atom is -0.494 e. The van der Waals surface area contributed by atoms with E-state index >= 15 is 4.79 Å². The van der Waals surface area contributed by atoms with E-state index in [4.69, 9.17) is 21.0 Å². The first-order valence-corrected chi connectivity index (χ1v) is 34.0. The zero-order valence-corrected chi connectivity index (χ0v) is 53.2. The number of unbranched alkanes of at least 4 members (excludes halogenated alkanes) is 1. The Balaban J connectivity index is 1.58. The van der Waals surface area contributed by atoms with Crippen molar-refractivity contribution in [1.29, 1.82) is 0 Å². The maximum absolute atomic E-state index is 15.1. The van der Waals surface area contributed by atoms with Gasteiger partial charge in [-0.3, -0.25) is 52.7 Å². The molecule has 4 aliphatic rings. The number of oxime groups is 1. The predicted molar refractivity (Wildman–Crippen MR) is 333 cm³/mol. The smallest absolute Gasteiger partial charge is 0.305 e. The molecule has 5 rings (SSSR count). The van der Waals surface area contributed by atoms with Crippen molar-refractivity contribution in [2.24, 2.45) is 22.5 Å². The van der Waals surface area contributed by atoms with Gasteiger partial charge in [0.25, 0.3) is 5.91 Å². The number of amides is 10. The van der Waals surface area contributed by atoms with Crippen LogP contribution in [0.4, 0.5) is 0 Å². The van der Waals surface area contributed by atoms with Crippen molar-refractivity contribution in [3.05, 3.63) is 29.3 Å². The number of hydrogen-bond donors (Lipinski definition) is 11. The third-order valence-electron chi connectivity index (χ3n) is 15.5. The SMILES string of the molecule is CCC[C@H](C)[C@@H]1NC(=O)[C@H](CC(=O)O)NC(=O)[C@H](CCSC)NC(=O)[C@@H]2CCCN2C(=O)[C@@H]2CSCc3cc(cc(c3)OCCCCCCO/N=C/C(=O)N[C@@H](CCCCN)C(=O)N2)CSC[C@@H](C(N)=O)NC(=O)[C@H]([C@@H](C)O)NC(=O)[C@@H]2CCCN2C1=O. The van der Waals surface area contributed by atoms with Crippen LogP contribution in [0.1, 0.15) is 128 Å². The highest BCUT2D eigenvalue weighted by molar-refractivity contribution is 7.99. The number of nitrogens with one attached hydrogen (secondary N) is 7. The minimum atomic E-state index is -1.78. The second-order valence-electron chi connectivity index (χ2n) is 22.6. The van der Waals surface area contributed by atoms with E-state index in [0.29, 0.717) is 76.0 Å². The molecule has 0 aliphatic carbocycles. The van der Waals surface area contributed by atoms with E-state index < -0.39 is 138 Å². The van der Waals surface area contributed by atoms with Crippen LogP contribution in [0.15, 0.2) is 23.4 Å². The summed E-state index contributed by atoms with van der Waals surface area (Å²) in [6.45, 7) is 5.86. The molecule has 2 fully saturated rings. The number of thioether (sulfide) groups is 3. The van der Waals surface area contributed by atoms with Crippen molar-refractivity contribution in [3.63, 3.8) is 0 Å². The zero-order chi connectivity index (χ0) is 64.3. The number of aliphatic hydroxyl groups excluding tert-OH is 1. The summed E-state index contributed by atoms with van der Waals surface area (Å²) < 4.78 is 6.27. The Kier molecular flexibility index (Phi) is 30.9. The number of fused-ring (bicyclic) bond motifs is 7. The van der Waals surface area contributed by atoms with Gasteiger partial charge in [0, 0.05) is 36.1 Å². The first-order chi connectivity index (χ1) is 42.1. The first-order valence-electron chi connectivity index (χ1n) is 30.3. The highest BCUT2D eigenvalue weighted by Gasteiger charge is 2.44. The van der Waals surface area contributed by atoms with Crippen molar-refractivity contribution in [1.82, 2.24) is 47.0 Å². The van der Waals surface area contributed by atoms with Gasteiger partial charge in [-0.1, -0.05) is 31.5 Å². The number of carbonyl (C=O) groups is 11. The number of nitrogens with zero attached hydrogens (tertiary/aromatic N) is 3. The molecule has 27 nitrogen and oxygen atoms in total. The fraction of sp³-hybridized carbons (Fsp3) is 0.690. The summed E-state index contributed by atoms with van der Waals surface area (Å²) in [4.78, 5) is 162. The molecule has 0 saturated carbocycles. The highest BCUT2D eigenvalue weighted by atomic mass is 32.2. The lowest BCUT2D eigenvalue weighted by Crippen LogP contribution is -2.62. The quantitative estimate of drug-likeness (QED) is 0.111. The Morgan fingerprint density at radius 3 is 1.92 bits per heavy atom. The van der Waals surface area contributed by atoms with Gasteiger partial charge in [0.15, 0.2) is 0 Å². The van der Waals surface area contributed by atoms with E-state index in [1.807, 2.05) is 25.1 Å². The molecule has 13 N–H and O–H groups in total. The molecule has 1 aromatic carbocycles. The van der Waals surface area contributed by atoms with Crippen LogP contribution in [0.25, 0.3) is 0 Å². The number of aliphatic carboxylic acids is 1. The van der Waals surface area contributed by atoms with Crippen molar-refractivity contribution in [2.75, 3.05) is 56.4 Å². The fourth-order valence-corrected chi connectivity index (χ4v) is 13.2. The van der Waals surface area contributed by atoms with Crippen LogP contribution in [-0.2, 0) is 69.1 Å². The summed E-state index contributed by atoms with van der Waals surface area (Å²) in [6.07, 6.45) is 6.23. The van der Waals surface area contributed by atoms with Crippen LogP contribution in [0.2, 0.25) is 0 Å². The minimum absolute atomic E-state index is 0.00718. The number of ether oxygens (including phenoxy) is 1. The molecular formula is C58H90N12O15S3. The molecule has 4 bridgehead atoms. The number of primary amides is 1. The van der Waals surface area contributed by atoms with Crippen molar-refractivity contribution >= 4 is 107 Å². The summed E-state index contributed by atoms with van der Waals surface area (Å²) in [5.41, 5.74) is 13.2. The summed E-state index contributed by atoms with van der Waals surface area (Å²) in [7, 11) is 0. The Bertz CT molecular complexity index is 2600. The molecule has 11 atom stereocenters. The number of carboxylic acids is 1. The van der Waals surface area contributed by atoms with Crippen LogP contribution in [0, 0.1) is 5.92 Å². The van der Waals surface area contributed by atoms with Gasteiger partial charge in [0.05, 0.1) is 19.1 Å². The monoisotopic (exact) mass is 1290 g/mol. The molecule has 0 radical (unpaired) electrons. The van der Waals surface area contributed by atoms with Gasteiger partial charge in [-0.25, -0.2) is 0 Å². The van der Waals surface area contributed by atoms with E-state index in [9.17, 15) is 58.2 Å². The third-order valence-corrected chi connectivity index (χ3v) is 18.4. The Labute approximate surface area is 526 Å². The van der Waals surface area contributed by atoms with Crippen LogP contribution in [0.5, 0.6) is 5.75 Å². The van der Waals surface area contributed by atoms with Crippen molar-refractivity contribution in [3.8, 4) is 5.75 Å². The van der Waals surface area contributed by atoms with E-state index in [1.165, 1.54) is 52.0 Å². The molecule has 0 spiro atoms. The highest BCUT2D eigenvalue weighted by Crippen LogP contribution is 2.28. The molecule has 2 saturated heterocycles. The number of nitrogens with two attached hydrogens (primary N) is 2. The standard InChI is InChI=1S/C58H90N12O15S3/c1-5-14-34(2)48-58(83)70-21-13-17-45(70)55(80)68-49(35(3)71)56(81)65-42(50(60)75)32-87-30-36-25-37-27-38(26-36)84-22-10-6-7-11-23-85-61-29-46(72)62-39(15-8-9-19-59)51(76)66-43(33-88-31-37)57(82)69-20-12-16-44(69)54(79)63-40(18-24-86-4)52(77)64-41(28-47(73)74)53(78)67-48/h25-27,29,34-35,39-45,48-49,71H,5-24,28,30-33,59H2,1-4H3,(H2,60,75)(H,62,72)(H,63,79)(H,64,77)(H,65,81)(H,66,76)(H,67,78)(H,68,80)(H,73,74)/b61-29+/t34-,35+,39-,40-,41-,42-,43-,44-,45-,48-,49-/m0/s1. The van der Waals surface area contributed by atoms with Crippen LogP contribution < -0.4 is 53.4 Å². The van der Waals surface area contributed by atoms with Gasteiger partial charge in [0.2, 0.25) is 53.2 Å². The number of benzene rings is 1. The molecule has 0 aromatic heterocycles. The fourth-order valence-electron chi connectivity index (χ4n) is 10.8. The molecule has 88 heavy (non-hydrogen) atoms. The van der Waals surface area contributed by atoms with Gasteiger partial charge >= 0.3 is 5.97 Å². The maximum Gasteiger partial charge on any atom is 0.305 e. The molecular weight excluding hydrogens is 1200 g/mol. The zero-order valence-electron chi connectivity index (χ0n) is 50.8. The number of carbonyl (C=O) groups excluding carboxylic acids is 10. The predicted octanol–water partition coefficient (Wildman–Crippen LogP) is 0.156. The van der Waals surface area contributed by atoms with Crippen LogP contribution in [-0.4, -0.2) is 208 Å².